The number of hydrogen-bond acceptors (Lipinski definition) is 3. The van der Waals surface area contributed by atoms with Crippen LogP contribution in [0.15, 0.2) is 30.9 Å². The number of likely N-dealkylation sites (tertiary alicyclic amines) is 1. The van der Waals surface area contributed by atoms with E-state index in [-0.39, 0.29) is 11.9 Å². The van der Waals surface area contributed by atoms with E-state index in [2.05, 4.69) is 23.9 Å². The summed E-state index contributed by atoms with van der Waals surface area (Å²) in [5.41, 5.74) is 0. The molecule has 0 spiro atoms. The maximum absolute atomic E-state index is 12.9. The molecule has 0 saturated carbocycles. The maximum atomic E-state index is 12.9. The van der Waals surface area contributed by atoms with Gasteiger partial charge in [0.2, 0.25) is 5.91 Å². The van der Waals surface area contributed by atoms with Crippen LogP contribution in [0.3, 0.4) is 0 Å². The van der Waals surface area contributed by atoms with E-state index < -0.39 is 0 Å². The number of piperidine rings is 1. The Labute approximate surface area is 149 Å². The molecule has 1 aliphatic heterocycles. The van der Waals surface area contributed by atoms with Gasteiger partial charge in [-0.25, -0.2) is 4.98 Å². The van der Waals surface area contributed by atoms with E-state index in [9.17, 15) is 4.79 Å². The van der Waals surface area contributed by atoms with Crippen molar-refractivity contribution in [2.45, 2.75) is 58.5 Å². The molecule has 2 aromatic heterocycles. The summed E-state index contributed by atoms with van der Waals surface area (Å²) in [5.74, 6) is 2.20. The Kier molecular flexibility index (Phi) is 5.56. The second kappa shape index (κ2) is 7.85. The summed E-state index contributed by atoms with van der Waals surface area (Å²) >= 11 is 0. The lowest BCUT2D eigenvalue weighted by Gasteiger charge is -2.34. The molecule has 3 heterocycles. The molecular formula is C19H29N5O. The molecular weight excluding hydrogens is 314 g/mol. The summed E-state index contributed by atoms with van der Waals surface area (Å²) in [5, 5.41) is 4.26. The first kappa shape index (κ1) is 17.7. The van der Waals surface area contributed by atoms with E-state index in [1.54, 1.807) is 6.20 Å². The second-order valence-corrected chi connectivity index (χ2v) is 7.35. The largest absolute Gasteiger partial charge is 0.341 e. The Balaban J connectivity index is 1.51. The highest BCUT2D eigenvalue weighted by molar-refractivity contribution is 5.80. The molecule has 0 aromatic carbocycles. The smallest absolute Gasteiger partial charge is 0.245 e. The van der Waals surface area contributed by atoms with Crippen LogP contribution in [0.4, 0.5) is 0 Å². The highest BCUT2D eigenvalue weighted by Crippen LogP contribution is 2.24. The molecule has 3 rings (SSSR count). The molecule has 6 heteroatoms. The van der Waals surface area contributed by atoms with Crippen LogP contribution >= 0.6 is 0 Å². The number of rotatable bonds is 6. The lowest BCUT2D eigenvalue weighted by molar-refractivity contribution is -0.135. The number of hydrogen-bond donors (Lipinski definition) is 0. The average molecular weight is 343 g/mol. The van der Waals surface area contributed by atoms with Crippen molar-refractivity contribution in [2.24, 2.45) is 5.92 Å². The van der Waals surface area contributed by atoms with Crippen LogP contribution in [0.1, 0.15) is 57.8 Å². The summed E-state index contributed by atoms with van der Waals surface area (Å²) in [6.07, 6.45) is 10.9. The first-order valence-corrected chi connectivity index (χ1v) is 9.35. The van der Waals surface area contributed by atoms with Gasteiger partial charge in [-0.15, -0.1) is 0 Å². The van der Waals surface area contributed by atoms with E-state index in [0.717, 1.165) is 44.7 Å². The van der Waals surface area contributed by atoms with Crippen molar-refractivity contribution in [3.63, 3.8) is 0 Å². The van der Waals surface area contributed by atoms with Crippen molar-refractivity contribution in [3.05, 3.63) is 36.7 Å². The molecule has 0 bridgehead atoms. The zero-order chi connectivity index (χ0) is 17.8. The van der Waals surface area contributed by atoms with Crippen LogP contribution in [0.2, 0.25) is 0 Å². The standard InChI is InChI=1S/C19H29N5O/c1-15(2)18-20-9-14-24(18)16(3)19(25)22-11-5-17(6-12-22)7-13-23-10-4-8-21-23/h4,8-10,14-17H,5-7,11-13H2,1-3H3. The van der Waals surface area contributed by atoms with Crippen molar-refractivity contribution in [3.8, 4) is 0 Å². The Hall–Kier alpha value is -2.11. The number of aromatic nitrogens is 4. The van der Waals surface area contributed by atoms with Crippen LogP contribution in [0.25, 0.3) is 0 Å². The zero-order valence-electron chi connectivity index (χ0n) is 15.5. The Morgan fingerprint density at radius 1 is 1.20 bits per heavy atom. The maximum Gasteiger partial charge on any atom is 0.245 e. The Bertz CT molecular complexity index is 668. The first-order valence-electron chi connectivity index (χ1n) is 9.35. The lowest BCUT2D eigenvalue weighted by atomic mass is 9.93. The molecule has 1 aliphatic rings. The summed E-state index contributed by atoms with van der Waals surface area (Å²) in [4.78, 5) is 19.3. The van der Waals surface area contributed by atoms with Gasteiger partial charge in [0.1, 0.15) is 11.9 Å². The van der Waals surface area contributed by atoms with E-state index in [1.807, 2.05) is 45.7 Å². The number of amides is 1. The quantitative estimate of drug-likeness (QED) is 0.810. The predicted molar refractivity (Wildman–Crippen MR) is 97.2 cm³/mol. The fourth-order valence-electron chi connectivity index (χ4n) is 3.67. The number of carbonyl (C=O) groups excluding carboxylic acids is 1. The van der Waals surface area contributed by atoms with E-state index in [0.29, 0.717) is 11.8 Å². The molecule has 0 N–H and O–H groups in total. The van der Waals surface area contributed by atoms with Gasteiger partial charge in [-0.1, -0.05) is 13.8 Å². The minimum atomic E-state index is -0.180. The highest BCUT2D eigenvalue weighted by Gasteiger charge is 2.28. The topological polar surface area (TPSA) is 56.0 Å². The van der Waals surface area contributed by atoms with Gasteiger partial charge in [0, 0.05) is 50.3 Å². The lowest BCUT2D eigenvalue weighted by Crippen LogP contribution is -2.42. The fourth-order valence-corrected chi connectivity index (χ4v) is 3.67. The summed E-state index contributed by atoms with van der Waals surface area (Å²) in [6, 6.07) is 1.78. The third-order valence-corrected chi connectivity index (χ3v) is 5.24. The van der Waals surface area contributed by atoms with Gasteiger partial charge in [0.05, 0.1) is 0 Å². The molecule has 0 radical (unpaired) electrons. The van der Waals surface area contributed by atoms with Gasteiger partial charge >= 0.3 is 0 Å². The van der Waals surface area contributed by atoms with Crippen molar-refractivity contribution in [1.82, 2.24) is 24.2 Å². The minimum Gasteiger partial charge on any atom is -0.341 e. The highest BCUT2D eigenvalue weighted by atomic mass is 16.2. The molecule has 1 fully saturated rings. The van der Waals surface area contributed by atoms with Gasteiger partial charge in [-0.05, 0) is 38.2 Å². The fraction of sp³-hybridized carbons (Fsp3) is 0.632. The molecule has 2 aromatic rings. The van der Waals surface area contributed by atoms with E-state index >= 15 is 0 Å². The molecule has 1 atom stereocenters. The normalized spacial score (nSPS) is 17.2. The van der Waals surface area contributed by atoms with Gasteiger partial charge in [-0.2, -0.15) is 5.10 Å². The Morgan fingerprint density at radius 3 is 2.60 bits per heavy atom. The van der Waals surface area contributed by atoms with Crippen LogP contribution in [0.5, 0.6) is 0 Å². The van der Waals surface area contributed by atoms with Crippen LogP contribution in [-0.2, 0) is 11.3 Å². The number of imidazole rings is 1. The van der Waals surface area contributed by atoms with E-state index in [1.165, 1.54) is 0 Å². The van der Waals surface area contributed by atoms with Crippen molar-refractivity contribution < 1.29 is 4.79 Å². The molecule has 1 saturated heterocycles. The molecule has 1 unspecified atom stereocenters. The number of carbonyl (C=O) groups is 1. The SMILES string of the molecule is CC(C)c1nccn1C(C)C(=O)N1CCC(CCn2cccn2)CC1. The predicted octanol–water partition coefficient (Wildman–Crippen LogP) is 3.09. The third-order valence-electron chi connectivity index (χ3n) is 5.24. The zero-order valence-corrected chi connectivity index (χ0v) is 15.5. The van der Waals surface area contributed by atoms with Gasteiger partial charge in [0.25, 0.3) is 0 Å². The van der Waals surface area contributed by atoms with Crippen LogP contribution in [0, 0.1) is 5.92 Å². The monoisotopic (exact) mass is 343 g/mol. The van der Waals surface area contributed by atoms with Gasteiger partial charge in [0.15, 0.2) is 0 Å². The Morgan fingerprint density at radius 2 is 1.96 bits per heavy atom. The second-order valence-electron chi connectivity index (χ2n) is 7.35. The molecule has 6 nitrogen and oxygen atoms in total. The van der Waals surface area contributed by atoms with Gasteiger partial charge < -0.3 is 9.47 Å². The van der Waals surface area contributed by atoms with Crippen LogP contribution < -0.4 is 0 Å². The number of nitrogens with zero attached hydrogens (tertiary/aromatic N) is 5. The van der Waals surface area contributed by atoms with Crippen molar-refractivity contribution in [1.29, 1.82) is 0 Å². The van der Waals surface area contributed by atoms with Crippen molar-refractivity contribution in [2.75, 3.05) is 13.1 Å². The minimum absolute atomic E-state index is 0.180. The van der Waals surface area contributed by atoms with E-state index in [4.69, 9.17) is 0 Å². The average Bonchev–Trinajstić information content (AvgIpc) is 3.30. The number of aryl methyl sites for hydroxylation is 1. The van der Waals surface area contributed by atoms with Crippen molar-refractivity contribution >= 4 is 5.91 Å². The summed E-state index contributed by atoms with van der Waals surface area (Å²) in [7, 11) is 0. The summed E-state index contributed by atoms with van der Waals surface area (Å²) in [6.45, 7) is 8.90. The third kappa shape index (κ3) is 4.11. The molecule has 1 amide bonds. The molecule has 136 valence electrons. The molecule has 25 heavy (non-hydrogen) atoms. The summed E-state index contributed by atoms with van der Waals surface area (Å²) < 4.78 is 4.02. The van der Waals surface area contributed by atoms with Gasteiger partial charge in [-0.3, -0.25) is 9.48 Å². The van der Waals surface area contributed by atoms with Crippen LogP contribution in [-0.4, -0.2) is 43.2 Å². The molecule has 0 aliphatic carbocycles. The first-order chi connectivity index (χ1) is 12.1.